The predicted octanol–water partition coefficient (Wildman–Crippen LogP) is 5.56. The van der Waals surface area contributed by atoms with Crippen molar-refractivity contribution in [3.63, 3.8) is 0 Å². The van der Waals surface area contributed by atoms with Gasteiger partial charge in [-0.2, -0.15) is 0 Å². The summed E-state index contributed by atoms with van der Waals surface area (Å²) in [5.41, 5.74) is 6.60. The molecular formula is C31H32FN3O3. The van der Waals surface area contributed by atoms with Crippen molar-refractivity contribution in [3.8, 4) is 11.3 Å². The monoisotopic (exact) mass is 513 g/mol. The van der Waals surface area contributed by atoms with Crippen molar-refractivity contribution in [2.45, 2.75) is 58.2 Å². The van der Waals surface area contributed by atoms with E-state index in [0.29, 0.717) is 24.2 Å². The van der Waals surface area contributed by atoms with Gasteiger partial charge in [-0.3, -0.25) is 9.59 Å². The molecule has 0 bridgehead atoms. The molecule has 1 aliphatic carbocycles. The van der Waals surface area contributed by atoms with Crippen LogP contribution >= 0.6 is 0 Å². The van der Waals surface area contributed by atoms with Crippen LogP contribution in [0.2, 0.25) is 0 Å². The van der Waals surface area contributed by atoms with E-state index >= 15 is 0 Å². The number of fused-ring (bicyclic) bond motifs is 1. The minimum atomic E-state index is -0.371. The summed E-state index contributed by atoms with van der Waals surface area (Å²) in [4.78, 5) is 32.3. The fourth-order valence-corrected chi connectivity index (χ4v) is 5.54. The lowest BCUT2D eigenvalue weighted by atomic mass is 9.90. The van der Waals surface area contributed by atoms with E-state index in [1.165, 1.54) is 31.1 Å². The van der Waals surface area contributed by atoms with Crippen molar-refractivity contribution < 1.29 is 19.1 Å². The molecule has 7 heteroatoms. The second kappa shape index (κ2) is 11.3. The van der Waals surface area contributed by atoms with Gasteiger partial charge < -0.3 is 15.3 Å². The van der Waals surface area contributed by atoms with Gasteiger partial charge in [0.2, 0.25) is 5.91 Å². The molecule has 5 rings (SSSR count). The van der Waals surface area contributed by atoms with Gasteiger partial charge in [-0.15, -0.1) is 0 Å². The molecule has 2 heterocycles. The van der Waals surface area contributed by atoms with E-state index in [9.17, 15) is 19.1 Å². The molecule has 0 saturated carbocycles. The highest BCUT2D eigenvalue weighted by molar-refractivity contribution is 5.93. The maximum Gasteiger partial charge on any atom is 0.270 e. The van der Waals surface area contributed by atoms with E-state index in [4.69, 9.17) is 4.98 Å². The van der Waals surface area contributed by atoms with E-state index in [1.807, 2.05) is 12.1 Å². The third-order valence-corrected chi connectivity index (χ3v) is 7.37. The Bertz CT molecular complexity index is 1400. The van der Waals surface area contributed by atoms with E-state index in [2.05, 4.69) is 23.5 Å². The molecule has 3 aromatic rings. The summed E-state index contributed by atoms with van der Waals surface area (Å²) in [5, 5.41) is 12.7. The minimum Gasteiger partial charge on any atom is -0.396 e. The summed E-state index contributed by atoms with van der Waals surface area (Å²) < 4.78 is 13.6. The number of amides is 2. The van der Waals surface area contributed by atoms with Gasteiger partial charge in [0.1, 0.15) is 11.5 Å². The SMILES string of the molecule is CC(=O)N1Cc2cc(C(=O)NCc3cccc(F)c3)nc(-c3cccc(C4=CCCCC4)c3)c2[C@H]1CCO. The molecule has 0 unspecified atom stereocenters. The molecule has 1 aromatic heterocycles. The van der Waals surface area contributed by atoms with Crippen molar-refractivity contribution in [3.05, 3.63) is 94.4 Å². The number of carbonyl (C=O) groups excluding carboxylic acids is 2. The first-order valence-electron chi connectivity index (χ1n) is 13.2. The van der Waals surface area contributed by atoms with Crippen molar-refractivity contribution >= 4 is 17.4 Å². The second-order valence-corrected chi connectivity index (χ2v) is 9.97. The first-order chi connectivity index (χ1) is 18.4. The molecule has 0 radical (unpaired) electrons. The fraction of sp³-hybridized carbons (Fsp3) is 0.323. The van der Waals surface area contributed by atoms with Gasteiger partial charge in [0, 0.05) is 37.7 Å². The molecule has 2 amide bonds. The van der Waals surface area contributed by atoms with Crippen LogP contribution in [0.1, 0.15) is 77.8 Å². The van der Waals surface area contributed by atoms with Crippen LogP contribution < -0.4 is 5.32 Å². The Balaban J connectivity index is 1.56. The van der Waals surface area contributed by atoms with E-state index in [1.54, 1.807) is 23.1 Å². The molecule has 2 aromatic carbocycles. The quantitative estimate of drug-likeness (QED) is 0.433. The van der Waals surface area contributed by atoms with Gasteiger partial charge in [0.05, 0.1) is 11.7 Å². The Hall–Kier alpha value is -3.84. The number of pyridine rings is 1. The maximum absolute atomic E-state index is 13.6. The lowest BCUT2D eigenvalue weighted by molar-refractivity contribution is -0.131. The number of aromatic nitrogens is 1. The smallest absolute Gasteiger partial charge is 0.270 e. The average molecular weight is 514 g/mol. The number of carbonyl (C=O) groups is 2. The molecule has 1 atom stereocenters. The van der Waals surface area contributed by atoms with Gasteiger partial charge in [0.25, 0.3) is 5.91 Å². The molecule has 38 heavy (non-hydrogen) atoms. The van der Waals surface area contributed by atoms with Gasteiger partial charge in [-0.25, -0.2) is 9.37 Å². The van der Waals surface area contributed by atoms with Crippen LogP contribution in [0.4, 0.5) is 4.39 Å². The zero-order valence-electron chi connectivity index (χ0n) is 21.5. The number of allylic oxidation sites excluding steroid dienone is 2. The number of hydrogen-bond donors (Lipinski definition) is 2. The number of aliphatic hydroxyl groups excluding tert-OH is 1. The average Bonchev–Trinajstić information content (AvgIpc) is 3.31. The summed E-state index contributed by atoms with van der Waals surface area (Å²) >= 11 is 0. The normalized spacial score (nSPS) is 16.7. The number of benzene rings is 2. The summed E-state index contributed by atoms with van der Waals surface area (Å²) in [6.45, 7) is 1.96. The third-order valence-electron chi connectivity index (χ3n) is 7.37. The van der Waals surface area contributed by atoms with Crippen LogP contribution in [-0.4, -0.2) is 33.4 Å². The number of rotatable bonds is 7. The molecule has 196 valence electrons. The number of nitrogens with zero attached hydrogens (tertiary/aromatic N) is 2. The van der Waals surface area contributed by atoms with Gasteiger partial charge in [-0.05, 0) is 78.6 Å². The zero-order chi connectivity index (χ0) is 26.6. The van der Waals surface area contributed by atoms with Crippen LogP contribution in [0.5, 0.6) is 0 Å². The van der Waals surface area contributed by atoms with Crippen LogP contribution in [0.3, 0.4) is 0 Å². The molecule has 6 nitrogen and oxygen atoms in total. The van der Waals surface area contributed by atoms with Gasteiger partial charge in [0.15, 0.2) is 0 Å². The van der Waals surface area contributed by atoms with Crippen molar-refractivity contribution in [2.24, 2.45) is 0 Å². The summed E-state index contributed by atoms with van der Waals surface area (Å²) in [5.74, 6) is -0.824. The number of aliphatic hydroxyl groups is 1. The van der Waals surface area contributed by atoms with Crippen LogP contribution in [0, 0.1) is 5.82 Å². The molecule has 2 aliphatic rings. The van der Waals surface area contributed by atoms with E-state index < -0.39 is 0 Å². The van der Waals surface area contributed by atoms with Crippen molar-refractivity contribution in [1.29, 1.82) is 0 Å². The highest BCUT2D eigenvalue weighted by Gasteiger charge is 2.35. The van der Waals surface area contributed by atoms with Crippen molar-refractivity contribution in [2.75, 3.05) is 6.61 Å². The topological polar surface area (TPSA) is 82.5 Å². The van der Waals surface area contributed by atoms with Crippen LogP contribution in [0.15, 0.2) is 60.7 Å². The molecule has 1 aliphatic heterocycles. The van der Waals surface area contributed by atoms with E-state index in [0.717, 1.165) is 41.5 Å². The lowest BCUT2D eigenvalue weighted by Crippen LogP contribution is -2.27. The molecule has 0 spiro atoms. The molecule has 2 N–H and O–H groups in total. The Labute approximate surface area is 222 Å². The lowest BCUT2D eigenvalue weighted by Gasteiger charge is -2.24. The molecule has 0 fully saturated rings. The Morgan fingerprint density at radius 3 is 2.66 bits per heavy atom. The highest BCUT2D eigenvalue weighted by atomic mass is 19.1. The largest absolute Gasteiger partial charge is 0.396 e. The Kier molecular flexibility index (Phi) is 7.65. The minimum absolute atomic E-state index is 0.0733. The summed E-state index contributed by atoms with van der Waals surface area (Å²) in [6.07, 6.45) is 7.15. The third kappa shape index (κ3) is 5.38. The first-order valence-corrected chi connectivity index (χ1v) is 13.2. The predicted molar refractivity (Wildman–Crippen MR) is 144 cm³/mol. The summed E-state index contributed by atoms with van der Waals surface area (Å²) in [7, 11) is 0. The van der Waals surface area contributed by atoms with E-state index in [-0.39, 0.29) is 42.5 Å². The molecule has 0 saturated heterocycles. The highest BCUT2D eigenvalue weighted by Crippen LogP contribution is 2.42. The maximum atomic E-state index is 13.6. The second-order valence-electron chi connectivity index (χ2n) is 9.97. The molecular weight excluding hydrogens is 481 g/mol. The zero-order valence-corrected chi connectivity index (χ0v) is 21.5. The first kappa shape index (κ1) is 25.8. The number of hydrogen-bond acceptors (Lipinski definition) is 4. The number of nitrogens with one attached hydrogen (secondary N) is 1. The number of halogens is 1. The Morgan fingerprint density at radius 2 is 1.92 bits per heavy atom. The Morgan fingerprint density at radius 1 is 1.11 bits per heavy atom. The van der Waals surface area contributed by atoms with Crippen LogP contribution in [0.25, 0.3) is 16.8 Å². The standard InChI is InChI=1S/C31H32FN3O3/c1-20(37)35-19-25-17-27(31(38)33-18-21-7-5-12-26(32)15-21)34-30(29(25)28(35)13-14-36)24-11-6-10-23(16-24)22-8-3-2-4-9-22/h5-8,10-12,15-17,28,36H,2-4,9,13-14,18-19H2,1H3,(H,33,38)/t28-/m1/s1. The van der Waals surface area contributed by atoms with Gasteiger partial charge >= 0.3 is 0 Å². The summed E-state index contributed by atoms with van der Waals surface area (Å²) in [6, 6.07) is 15.7. The van der Waals surface area contributed by atoms with Crippen LogP contribution in [-0.2, 0) is 17.9 Å². The van der Waals surface area contributed by atoms with Crippen molar-refractivity contribution in [1.82, 2.24) is 15.2 Å². The van der Waals surface area contributed by atoms with Gasteiger partial charge in [-0.1, -0.05) is 36.4 Å². The fourth-order valence-electron chi connectivity index (χ4n) is 5.54.